The van der Waals surface area contributed by atoms with Gasteiger partial charge < -0.3 is 14.5 Å². The quantitative estimate of drug-likeness (QED) is 0.866. The molecule has 0 aromatic heterocycles. The molecule has 6 heteroatoms. The third-order valence-electron chi connectivity index (χ3n) is 4.16. The van der Waals surface area contributed by atoms with Crippen molar-refractivity contribution < 1.29 is 18.3 Å². The van der Waals surface area contributed by atoms with E-state index in [1.54, 1.807) is 12.0 Å². The summed E-state index contributed by atoms with van der Waals surface area (Å²) in [5.41, 5.74) is 1.15. The van der Waals surface area contributed by atoms with Crippen LogP contribution in [0.3, 0.4) is 0 Å². The Hall–Kier alpha value is -2.63. The standard InChI is InChI=1S/C18H18F2N2O2/c1-24-17-5-3-2-4-16(17)21-8-10-22(11-9-21)18(23)13-6-7-14(19)15(20)12-13/h2-7,12H,8-11H2,1H3. The third kappa shape index (κ3) is 3.18. The average molecular weight is 332 g/mol. The number of piperazine rings is 1. The molecule has 1 saturated heterocycles. The number of carbonyl (C=O) groups is 1. The number of benzene rings is 2. The molecular formula is C18H18F2N2O2. The number of halogens is 2. The summed E-state index contributed by atoms with van der Waals surface area (Å²) in [7, 11) is 1.63. The molecular weight excluding hydrogens is 314 g/mol. The van der Waals surface area contributed by atoms with Crippen molar-refractivity contribution in [2.45, 2.75) is 0 Å². The van der Waals surface area contributed by atoms with E-state index in [-0.39, 0.29) is 11.5 Å². The summed E-state index contributed by atoms with van der Waals surface area (Å²) in [4.78, 5) is 16.2. The van der Waals surface area contributed by atoms with Crippen LogP contribution in [0.5, 0.6) is 5.75 Å². The minimum Gasteiger partial charge on any atom is -0.495 e. The Morgan fingerprint density at radius 3 is 2.38 bits per heavy atom. The second-order valence-corrected chi connectivity index (χ2v) is 5.58. The lowest BCUT2D eigenvalue weighted by Crippen LogP contribution is -2.48. The molecule has 0 bridgehead atoms. The van der Waals surface area contributed by atoms with Crippen LogP contribution in [0, 0.1) is 11.6 Å². The maximum absolute atomic E-state index is 13.3. The van der Waals surface area contributed by atoms with Gasteiger partial charge in [0.05, 0.1) is 12.8 Å². The number of anilines is 1. The average Bonchev–Trinajstić information content (AvgIpc) is 2.63. The largest absolute Gasteiger partial charge is 0.495 e. The Kier molecular flexibility index (Phi) is 4.64. The lowest BCUT2D eigenvalue weighted by molar-refractivity contribution is 0.0746. The first-order valence-electron chi connectivity index (χ1n) is 7.72. The summed E-state index contributed by atoms with van der Waals surface area (Å²) < 4.78 is 31.7. The van der Waals surface area contributed by atoms with Crippen LogP contribution in [-0.2, 0) is 0 Å². The minimum absolute atomic E-state index is 0.166. The van der Waals surface area contributed by atoms with Crippen LogP contribution < -0.4 is 9.64 Å². The van der Waals surface area contributed by atoms with Crippen LogP contribution in [0.15, 0.2) is 42.5 Å². The predicted octanol–water partition coefficient (Wildman–Crippen LogP) is 2.94. The number of carbonyl (C=O) groups excluding carboxylic acids is 1. The van der Waals surface area contributed by atoms with E-state index < -0.39 is 11.6 Å². The molecule has 24 heavy (non-hydrogen) atoms. The second-order valence-electron chi connectivity index (χ2n) is 5.58. The highest BCUT2D eigenvalue weighted by atomic mass is 19.2. The van der Waals surface area contributed by atoms with Crippen molar-refractivity contribution in [2.75, 3.05) is 38.2 Å². The first-order valence-corrected chi connectivity index (χ1v) is 7.72. The summed E-state index contributed by atoms with van der Waals surface area (Å²) in [6.45, 7) is 2.32. The lowest BCUT2D eigenvalue weighted by atomic mass is 10.1. The van der Waals surface area contributed by atoms with Gasteiger partial charge in [0, 0.05) is 31.7 Å². The first kappa shape index (κ1) is 16.2. The number of ether oxygens (including phenoxy) is 1. The topological polar surface area (TPSA) is 32.8 Å². The molecule has 4 nitrogen and oxygen atoms in total. The molecule has 0 N–H and O–H groups in total. The van der Waals surface area contributed by atoms with Gasteiger partial charge in [-0.05, 0) is 30.3 Å². The van der Waals surface area contributed by atoms with E-state index in [1.165, 1.54) is 6.07 Å². The van der Waals surface area contributed by atoms with Crippen LogP contribution in [0.4, 0.5) is 14.5 Å². The molecule has 0 atom stereocenters. The fourth-order valence-electron chi connectivity index (χ4n) is 2.85. The van der Waals surface area contributed by atoms with Gasteiger partial charge in [0.2, 0.25) is 0 Å². The van der Waals surface area contributed by atoms with Crippen molar-refractivity contribution >= 4 is 11.6 Å². The molecule has 0 aliphatic carbocycles. The van der Waals surface area contributed by atoms with Gasteiger partial charge in [-0.25, -0.2) is 8.78 Å². The van der Waals surface area contributed by atoms with Crippen LogP contribution in [0.2, 0.25) is 0 Å². The number of para-hydroxylation sites is 2. The summed E-state index contributed by atoms with van der Waals surface area (Å²) in [5, 5.41) is 0. The van der Waals surface area contributed by atoms with Gasteiger partial charge in [-0.2, -0.15) is 0 Å². The van der Waals surface area contributed by atoms with Crippen molar-refractivity contribution in [3.63, 3.8) is 0 Å². The molecule has 0 saturated carbocycles. The predicted molar refractivity (Wildman–Crippen MR) is 87.5 cm³/mol. The van der Waals surface area contributed by atoms with E-state index >= 15 is 0 Å². The summed E-state index contributed by atoms with van der Waals surface area (Å²) in [6.07, 6.45) is 0. The lowest BCUT2D eigenvalue weighted by Gasteiger charge is -2.36. The molecule has 2 aromatic rings. The molecule has 0 radical (unpaired) electrons. The van der Waals surface area contributed by atoms with Gasteiger partial charge in [-0.1, -0.05) is 12.1 Å². The minimum atomic E-state index is -1.01. The Labute approximate surface area is 139 Å². The number of rotatable bonds is 3. The first-order chi connectivity index (χ1) is 11.6. The zero-order valence-corrected chi connectivity index (χ0v) is 13.3. The van der Waals surface area contributed by atoms with E-state index in [9.17, 15) is 13.6 Å². The third-order valence-corrected chi connectivity index (χ3v) is 4.16. The van der Waals surface area contributed by atoms with Gasteiger partial charge in [-0.3, -0.25) is 4.79 Å². The van der Waals surface area contributed by atoms with Crippen LogP contribution in [-0.4, -0.2) is 44.1 Å². The smallest absolute Gasteiger partial charge is 0.254 e. The van der Waals surface area contributed by atoms with Gasteiger partial charge >= 0.3 is 0 Å². The van der Waals surface area contributed by atoms with Crippen molar-refractivity contribution in [3.05, 3.63) is 59.7 Å². The van der Waals surface area contributed by atoms with E-state index in [4.69, 9.17) is 4.74 Å². The van der Waals surface area contributed by atoms with E-state index in [1.807, 2.05) is 24.3 Å². The fourth-order valence-corrected chi connectivity index (χ4v) is 2.85. The highest BCUT2D eigenvalue weighted by molar-refractivity contribution is 5.94. The monoisotopic (exact) mass is 332 g/mol. The molecule has 1 heterocycles. The molecule has 0 spiro atoms. The zero-order valence-electron chi connectivity index (χ0n) is 13.3. The number of nitrogens with zero attached hydrogens (tertiary/aromatic N) is 2. The van der Waals surface area contributed by atoms with E-state index in [2.05, 4.69) is 4.90 Å². The number of hydrogen-bond donors (Lipinski definition) is 0. The zero-order chi connectivity index (χ0) is 17.1. The Bertz CT molecular complexity index is 744. The maximum Gasteiger partial charge on any atom is 0.254 e. The summed E-state index contributed by atoms with van der Waals surface area (Å²) in [6, 6.07) is 11.0. The second kappa shape index (κ2) is 6.86. The van der Waals surface area contributed by atoms with Gasteiger partial charge in [0.25, 0.3) is 5.91 Å². The van der Waals surface area contributed by atoms with Crippen molar-refractivity contribution in [2.24, 2.45) is 0 Å². The van der Waals surface area contributed by atoms with Crippen LogP contribution in [0.1, 0.15) is 10.4 Å². The van der Waals surface area contributed by atoms with Crippen molar-refractivity contribution in [1.29, 1.82) is 0 Å². The molecule has 1 aliphatic heterocycles. The molecule has 1 fully saturated rings. The van der Waals surface area contributed by atoms with E-state index in [0.29, 0.717) is 26.2 Å². The Balaban J connectivity index is 1.68. The van der Waals surface area contributed by atoms with E-state index in [0.717, 1.165) is 23.6 Å². The summed E-state index contributed by atoms with van der Waals surface area (Å²) >= 11 is 0. The highest BCUT2D eigenvalue weighted by Gasteiger charge is 2.24. The molecule has 0 unspecified atom stereocenters. The van der Waals surface area contributed by atoms with Crippen molar-refractivity contribution in [3.8, 4) is 5.75 Å². The Morgan fingerprint density at radius 1 is 1.00 bits per heavy atom. The highest BCUT2D eigenvalue weighted by Crippen LogP contribution is 2.28. The number of hydrogen-bond acceptors (Lipinski definition) is 3. The number of methoxy groups -OCH3 is 1. The van der Waals surface area contributed by atoms with Crippen LogP contribution >= 0.6 is 0 Å². The van der Waals surface area contributed by atoms with Gasteiger partial charge in [0.1, 0.15) is 5.75 Å². The fraction of sp³-hybridized carbons (Fsp3) is 0.278. The van der Waals surface area contributed by atoms with Crippen LogP contribution in [0.25, 0.3) is 0 Å². The molecule has 2 aromatic carbocycles. The van der Waals surface area contributed by atoms with Gasteiger partial charge in [0.15, 0.2) is 11.6 Å². The SMILES string of the molecule is COc1ccccc1N1CCN(C(=O)c2ccc(F)c(F)c2)CC1. The maximum atomic E-state index is 13.3. The molecule has 126 valence electrons. The molecule has 1 aliphatic rings. The van der Waals surface area contributed by atoms with Gasteiger partial charge in [-0.15, -0.1) is 0 Å². The molecule has 1 amide bonds. The Morgan fingerprint density at radius 2 is 1.71 bits per heavy atom. The summed E-state index contributed by atoms with van der Waals surface area (Å²) in [5.74, 6) is -1.45. The number of amides is 1. The normalized spacial score (nSPS) is 14.6. The van der Waals surface area contributed by atoms with Crippen molar-refractivity contribution in [1.82, 2.24) is 4.90 Å². The molecule has 3 rings (SSSR count).